The van der Waals surface area contributed by atoms with Gasteiger partial charge in [0.2, 0.25) is 0 Å². The largest absolute Gasteiger partial charge is 0.373 e. The Balaban J connectivity index is 2.03. The van der Waals surface area contributed by atoms with E-state index in [0.29, 0.717) is 6.10 Å². The molecule has 3 atom stereocenters. The molecular weight excluding hydrogens is 279 g/mol. The lowest BCUT2D eigenvalue weighted by atomic mass is 9.98. The van der Waals surface area contributed by atoms with Gasteiger partial charge >= 0.3 is 0 Å². The van der Waals surface area contributed by atoms with Crippen molar-refractivity contribution >= 4 is 34.0 Å². The minimum atomic E-state index is -0.118. The highest BCUT2D eigenvalue weighted by Gasteiger charge is 2.30. The van der Waals surface area contributed by atoms with Crippen LogP contribution in [0.1, 0.15) is 30.7 Å². The molecule has 0 spiro atoms. The van der Waals surface area contributed by atoms with E-state index >= 15 is 0 Å². The molecule has 1 fully saturated rings. The first-order chi connectivity index (χ1) is 9.16. The molecule has 1 heterocycles. The van der Waals surface area contributed by atoms with E-state index in [2.05, 4.69) is 13.0 Å². The van der Waals surface area contributed by atoms with Gasteiger partial charge < -0.3 is 4.74 Å². The first-order valence-electron chi connectivity index (χ1n) is 6.63. The fraction of sp³-hybridized carbons (Fsp3) is 0.375. The van der Waals surface area contributed by atoms with Gasteiger partial charge in [0.1, 0.15) is 0 Å². The van der Waals surface area contributed by atoms with Gasteiger partial charge in [0, 0.05) is 10.4 Å². The van der Waals surface area contributed by atoms with Crippen LogP contribution in [0.25, 0.3) is 10.8 Å². The highest BCUT2D eigenvalue weighted by atomic mass is 35.5. The van der Waals surface area contributed by atoms with Crippen LogP contribution >= 0.6 is 23.2 Å². The maximum absolute atomic E-state index is 6.64. The molecule has 3 heteroatoms. The Hall–Kier alpha value is -0.760. The molecule has 100 valence electrons. The van der Waals surface area contributed by atoms with E-state index in [-0.39, 0.29) is 11.5 Å². The second-order valence-corrected chi connectivity index (χ2v) is 6.02. The second-order valence-electron chi connectivity index (χ2n) is 5.15. The van der Waals surface area contributed by atoms with Crippen LogP contribution in [0.4, 0.5) is 0 Å². The fourth-order valence-corrected chi connectivity index (χ4v) is 3.38. The molecule has 1 aliphatic rings. The lowest BCUT2D eigenvalue weighted by molar-refractivity contribution is 0.0535. The van der Waals surface area contributed by atoms with Crippen molar-refractivity contribution in [3.63, 3.8) is 0 Å². The molecule has 0 aromatic heterocycles. The number of rotatable bonds is 2. The van der Waals surface area contributed by atoms with Gasteiger partial charge in [0.25, 0.3) is 0 Å². The minimum absolute atomic E-state index is 0.0984. The maximum Gasteiger partial charge on any atom is 0.0853 e. The zero-order valence-electron chi connectivity index (χ0n) is 10.8. The van der Waals surface area contributed by atoms with Crippen LogP contribution in [0.5, 0.6) is 0 Å². The van der Waals surface area contributed by atoms with E-state index < -0.39 is 0 Å². The third kappa shape index (κ3) is 2.47. The highest BCUT2D eigenvalue weighted by Crippen LogP contribution is 2.39. The van der Waals surface area contributed by atoms with Crippen molar-refractivity contribution in [2.75, 3.05) is 0 Å². The summed E-state index contributed by atoms with van der Waals surface area (Å²) in [7, 11) is 0. The molecule has 3 unspecified atom stereocenters. The monoisotopic (exact) mass is 294 g/mol. The van der Waals surface area contributed by atoms with Crippen LogP contribution < -0.4 is 0 Å². The summed E-state index contributed by atoms with van der Waals surface area (Å²) in [5, 5.41) is 2.83. The van der Waals surface area contributed by atoms with Gasteiger partial charge in [0.15, 0.2) is 0 Å². The predicted octanol–water partition coefficient (Wildman–Crippen LogP) is 5.34. The smallest absolute Gasteiger partial charge is 0.0853 e. The quantitative estimate of drug-likeness (QED) is 0.679. The third-order valence-corrected chi connectivity index (χ3v) is 4.64. The van der Waals surface area contributed by atoms with Crippen LogP contribution in [0.15, 0.2) is 36.4 Å². The average molecular weight is 295 g/mol. The van der Waals surface area contributed by atoms with Gasteiger partial charge in [-0.15, -0.1) is 11.6 Å². The molecule has 0 saturated carbocycles. The standard InChI is InChI=1S/C16H16Cl2O/c1-10-6-9-15(19-10)16(18)13-7-8-14(17)12-5-3-2-4-11(12)13/h2-5,7-8,10,15-16H,6,9H2,1H3. The molecule has 2 aromatic rings. The number of alkyl halides is 1. The van der Waals surface area contributed by atoms with Gasteiger partial charge in [-0.1, -0.05) is 41.9 Å². The molecule has 0 radical (unpaired) electrons. The van der Waals surface area contributed by atoms with E-state index in [0.717, 1.165) is 34.2 Å². The van der Waals surface area contributed by atoms with Crippen LogP contribution in [-0.2, 0) is 4.74 Å². The zero-order chi connectivity index (χ0) is 13.4. The van der Waals surface area contributed by atoms with E-state index in [4.69, 9.17) is 27.9 Å². The van der Waals surface area contributed by atoms with Gasteiger partial charge in [-0.3, -0.25) is 0 Å². The van der Waals surface area contributed by atoms with Gasteiger partial charge in [-0.2, -0.15) is 0 Å². The summed E-state index contributed by atoms with van der Waals surface area (Å²) in [6.45, 7) is 2.10. The zero-order valence-corrected chi connectivity index (χ0v) is 12.3. The van der Waals surface area contributed by atoms with E-state index in [1.165, 1.54) is 0 Å². The maximum atomic E-state index is 6.64. The summed E-state index contributed by atoms with van der Waals surface area (Å²) in [5.41, 5.74) is 1.11. The van der Waals surface area contributed by atoms with E-state index in [1.54, 1.807) is 0 Å². The molecule has 1 nitrogen and oxygen atoms in total. The number of hydrogen-bond acceptors (Lipinski definition) is 1. The van der Waals surface area contributed by atoms with Crippen LogP contribution in [0, 0.1) is 0 Å². The molecule has 0 aliphatic carbocycles. The first kappa shape index (κ1) is 13.2. The van der Waals surface area contributed by atoms with Crippen LogP contribution in [0.2, 0.25) is 5.02 Å². The summed E-state index contributed by atoms with van der Waals surface area (Å²) in [4.78, 5) is 0. The third-order valence-electron chi connectivity index (χ3n) is 3.79. The molecular formula is C16H16Cl2O. The Morgan fingerprint density at radius 3 is 2.53 bits per heavy atom. The topological polar surface area (TPSA) is 9.23 Å². The Morgan fingerprint density at radius 1 is 1.11 bits per heavy atom. The summed E-state index contributed by atoms with van der Waals surface area (Å²) in [6, 6.07) is 12.1. The molecule has 1 aliphatic heterocycles. The number of halogens is 2. The molecule has 19 heavy (non-hydrogen) atoms. The Kier molecular flexibility index (Phi) is 3.70. The van der Waals surface area contributed by atoms with Crippen molar-refractivity contribution in [2.24, 2.45) is 0 Å². The first-order valence-corrected chi connectivity index (χ1v) is 7.45. The van der Waals surface area contributed by atoms with E-state index in [9.17, 15) is 0 Å². The molecule has 0 N–H and O–H groups in total. The number of fused-ring (bicyclic) bond motifs is 1. The summed E-state index contributed by atoms with van der Waals surface area (Å²) < 4.78 is 5.89. The van der Waals surface area contributed by atoms with Gasteiger partial charge in [-0.25, -0.2) is 0 Å². The normalized spacial score (nSPS) is 24.8. The average Bonchev–Trinajstić information content (AvgIpc) is 2.86. The minimum Gasteiger partial charge on any atom is -0.373 e. The Bertz CT molecular complexity index is 596. The number of ether oxygens (including phenoxy) is 1. The predicted molar refractivity (Wildman–Crippen MR) is 81.1 cm³/mol. The lowest BCUT2D eigenvalue weighted by Gasteiger charge is -2.20. The summed E-state index contributed by atoms with van der Waals surface area (Å²) in [6.07, 6.45) is 2.51. The fourth-order valence-electron chi connectivity index (χ4n) is 2.78. The molecule has 1 saturated heterocycles. The summed E-state index contributed by atoms with van der Waals surface area (Å²) in [5.74, 6) is 0. The van der Waals surface area contributed by atoms with Crippen molar-refractivity contribution in [2.45, 2.75) is 37.4 Å². The Labute approximate surface area is 123 Å². The molecule has 2 aromatic carbocycles. The highest BCUT2D eigenvalue weighted by molar-refractivity contribution is 6.35. The SMILES string of the molecule is CC1CCC(C(Cl)c2ccc(Cl)c3ccccc23)O1. The molecule has 3 rings (SSSR count). The van der Waals surface area contributed by atoms with Crippen molar-refractivity contribution in [3.05, 3.63) is 47.0 Å². The Morgan fingerprint density at radius 2 is 1.84 bits per heavy atom. The van der Waals surface area contributed by atoms with Crippen molar-refractivity contribution < 1.29 is 4.74 Å². The lowest BCUT2D eigenvalue weighted by Crippen LogP contribution is -2.15. The molecule has 0 amide bonds. The van der Waals surface area contributed by atoms with E-state index in [1.807, 2.05) is 30.3 Å². The second kappa shape index (κ2) is 5.32. The number of hydrogen-bond donors (Lipinski definition) is 0. The van der Waals surface area contributed by atoms with Crippen LogP contribution in [-0.4, -0.2) is 12.2 Å². The van der Waals surface area contributed by atoms with Crippen LogP contribution in [0.3, 0.4) is 0 Å². The van der Waals surface area contributed by atoms with Gasteiger partial charge in [-0.05, 0) is 36.8 Å². The molecule has 0 bridgehead atoms. The van der Waals surface area contributed by atoms with Gasteiger partial charge in [0.05, 0.1) is 17.6 Å². The van der Waals surface area contributed by atoms with Crippen molar-refractivity contribution in [1.82, 2.24) is 0 Å². The number of benzene rings is 2. The van der Waals surface area contributed by atoms with Crippen molar-refractivity contribution in [3.8, 4) is 0 Å². The van der Waals surface area contributed by atoms with Crippen molar-refractivity contribution in [1.29, 1.82) is 0 Å². The summed E-state index contributed by atoms with van der Waals surface area (Å²) >= 11 is 12.9.